The molecule has 0 aliphatic carbocycles. The van der Waals surface area contributed by atoms with Crippen LogP contribution in [0.15, 0.2) is 23.1 Å². The van der Waals surface area contributed by atoms with Gasteiger partial charge in [0.1, 0.15) is 0 Å². The largest absolute Gasteiger partial charge is 0.478 e. The fourth-order valence-electron chi connectivity index (χ4n) is 2.01. The molecule has 0 saturated heterocycles. The average molecular weight is 328 g/mol. The van der Waals surface area contributed by atoms with Gasteiger partial charge in [0.05, 0.1) is 17.0 Å². The minimum absolute atomic E-state index is 0.00788. The summed E-state index contributed by atoms with van der Waals surface area (Å²) in [6, 6.07) is 3.75. The van der Waals surface area contributed by atoms with E-state index in [4.69, 9.17) is 10.8 Å². The number of nitrogens with two attached hydrogens (primary N) is 1. The molecule has 0 heterocycles. The van der Waals surface area contributed by atoms with Crippen molar-refractivity contribution in [1.29, 1.82) is 0 Å². The van der Waals surface area contributed by atoms with Gasteiger partial charge in [-0.1, -0.05) is 13.8 Å². The van der Waals surface area contributed by atoms with E-state index in [1.54, 1.807) is 0 Å². The molecule has 1 amide bonds. The molecule has 0 atom stereocenters. The van der Waals surface area contributed by atoms with Gasteiger partial charge in [0.15, 0.2) is 0 Å². The smallest absolute Gasteiger partial charge is 0.335 e. The van der Waals surface area contributed by atoms with Gasteiger partial charge in [0.2, 0.25) is 15.9 Å². The van der Waals surface area contributed by atoms with Crippen LogP contribution < -0.4 is 5.73 Å². The number of rotatable bonds is 7. The molecule has 0 aliphatic heterocycles. The fourth-order valence-corrected chi connectivity index (χ4v) is 3.67. The summed E-state index contributed by atoms with van der Waals surface area (Å²) in [5.41, 5.74) is 5.48. The number of carbonyl (C=O) groups excluding carboxylic acids is 1. The molecule has 1 aromatic rings. The first-order chi connectivity index (χ1) is 10.1. The lowest BCUT2D eigenvalue weighted by atomic mass is 10.1. The van der Waals surface area contributed by atoms with Gasteiger partial charge in [0, 0.05) is 6.54 Å². The van der Waals surface area contributed by atoms with E-state index in [2.05, 4.69) is 0 Å². The van der Waals surface area contributed by atoms with Gasteiger partial charge in [-0.25, -0.2) is 13.2 Å². The summed E-state index contributed by atoms with van der Waals surface area (Å²) in [6.07, 6.45) is 0. The van der Waals surface area contributed by atoms with Crippen molar-refractivity contribution in [2.45, 2.75) is 25.7 Å². The summed E-state index contributed by atoms with van der Waals surface area (Å²) in [4.78, 5) is 22.0. The van der Waals surface area contributed by atoms with Crippen LogP contribution in [-0.2, 0) is 14.8 Å². The summed E-state index contributed by atoms with van der Waals surface area (Å²) in [5.74, 6) is -1.87. The van der Waals surface area contributed by atoms with E-state index in [1.807, 2.05) is 13.8 Å². The third-order valence-electron chi connectivity index (χ3n) is 2.97. The molecule has 1 aromatic carbocycles. The molecule has 0 aliphatic rings. The number of primary amides is 1. The number of carbonyl (C=O) groups is 2. The average Bonchev–Trinajstić information content (AvgIpc) is 2.36. The number of carboxylic acid groups (broad SMARTS) is 1. The maximum Gasteiger partial charge on any atom is 0.335 e. The van der Waals surface area contributed by atoms with Crippen molar-refractivity contribution in [2.24, 2.45) is 11.7 Å². The van der Waals surface area contributed by atoms with Crippen LogP contribution in [0.25, 0.3) is 0 Å². The Hall–Kier alpha value is -1.93. The molecule has 0 saturated carbocycles. The number of aryl methyl sites for hydroxylation is 1. The van der Waals surface area contributed by atoms with Crippen LogP contribution in [0.2, 0.25) is 0 Å². The quantitative estimate of drug-likeness (QED) is 0.768. The second-order valence-electron chi connectivity index (χ2n) is 5.44. The van der Waals surface area contributed by atoms with Gasteiger partial charge in [-0.2, -0.15) is 4.31 Å². The van der Waals surface area contributed by atoms with Crippen LogP contribution in [-0.4, -0.2) is 42.8 Å². The summed E-state index contributed by atoms with van der Waals surface area (Å²) in [6.45, 7) is 4.89. The highest BCUT2D eigenvalue weighted by Gasteiger charge is 2.27. The fraction of sp³-hybridized carbons (Fsp3) is 0.429. The van der Waals surface area contributed by atoms with Crippen molar-refractivity contribution in [3.63, 3.8) is 0 Å². The Morgan fingerprint density at radius 3 is 2.32 bits per heavy atom. The van der Waals surface area contributed by atoms with Crippen LogP contribution in [0.5, 0.6) is 0 Å². The van der Waals surface area contributed by atoms with E-state index in [0.717, 1.165) is 4.31 Å². The van der Waals surface area contributed by atoms with E-state index in [1.165, 1.54) is 25.1 Å². The van der Waals surface area contributed by atoms with Crippen molar-refractivity contribution in [2.75, 3.05) is 13.1 Å². The van der Waals surface area contributed by atoms with Crippen molar-refractivity contribution >= 4 is 21.9 Å². The monoisotopic (exact) mass is 328 g/mol. The van der Waals surface area contributed by atoms with Gasteiger partial charge in [-0.05, 0) is 36.6 Å². The number of benzene rings is 1. The maximum absolute atomic E-state index is 12.6. The molecule has 122 valence electrons. The molecular formula is C14H20N2O5S. The molecule has 0 aromatic heterocycles. The van der Waals surface area contributed by atoms with Gasteiger partial charge in [-0.3, -0.25) is 4.79 Å². The zero-order chi connectivity index (χ0) is 17.1. The number of amides is 1. The Morgan fingerprint density at radius 2 is 1.91 bits per heavy atom. The van der Waals surface area contributed by atoms with Crippen LogP contribution in [0.3, 0.4) is 0 Å². The number of nitrogens with zero attached hydrogens (tertiary/aromatic N) is 1. The number of carboxylic acids is 1. The standard InChI is InChI=1S/C14H20N2O5S/c1-9(2)7-16(8-13(15)17)22(20,21)11-4-5-12(14(18)19)10(3)6-11/h4-6,9H,7-8H2,1-3H3,(H2,15,17)(H,18,19). The zero-order valence-corrected chi connectivity index (χ0v) is 13.6. The lowest BCUT2D eigenvalue weighted by Crippen LogP contribution is -2.40. The number of hydrogen-bond acceptors (Lipinski definition) is 4. The predicted molar refractivity (Wildman–Crippen MR) is 80.9 cm³/mol. The van der Waals surface area contributed by atoms with Gasteiger partial charge in [0.25, 0.3) is 0 Å². The van der Waals surface area contributed by atoms with Crippen LogP contribution >= 0.6 is 0 Å². The Morgan fingerprint density at radius 1 is 1.32 bits per heavy atom. The Labute approximate surface area is 129 Å². The molecule has 0 unspecified atom stereocenters. The van der Waals surface area contributed by atoms with Crippen LogP contribution in [0.4, 0.5) is 0 Å². The first-order valence-electron chi connectivity index (χ1n) is 6.68. The summed E-state index contributed by atoms with van der Waals surface area (Å²) in [7, 11) is -3.92. The SMILES string of the molecule is Cc1cc(S(=O)(=O)N(CC(N)=O)CC(C)C)ccc1C(=O)O. The van der Waals surface area contributed by atoms with Crippen LogP contribution in [0, 0.1) is 12.8 Å². The molecular weight excluding hydrogens is 308 g/mol. The van der Waals surface area contributed by atoms with Crippen molar-refractivity contribution in [3.05, 3.63) is 29.3 Å². The third-order valence-corrected chi connectivity index (χ3v) is 4.77. The lowest BCUT2D eigenvalue weighted by Gasteiger charge is -2.23. The Balaban J connectivity index is 3.27. The highest BCUT2D eigenvalue weighted by molar-refractivity contribution is 7.89. The molecule has 0 bridgehead atoms. The predicted octanol–water partition coefficient (Wildman–Crippen LogP) is 0.825. The molecule has 3 N–H and O–H groups in total. The topological polar surface area (TPSA) is 118 Å². The van der Waals surface area contributed by atoms with E-state index in [-0.39, 0.29) is 22.9 Å². The molecule has 7 nitrogen and oxygen atoms in total. The Kier molecular flexibility index (Phi) is 5.67. The van der Waals surface area contributed by atoms with E-state index < -0.39 is 28.4 Å². The second-order valence-corrected chi connectivity index (χ2v) is 7.38. The van der Waals surface area contributed by atoms with Crippen molar-refractivity contribution in [1.82, 2.24) is 4.31 Å². The number of aromatic carboxylic acids is 1. The maximum atomic E-state index is 12.6. The second kappa shape index (κ2) is 6.89. The van der Waals surface area contributed by atoms with Crippen molar-refractivity contribution in [3.8, 4) is 0 Å². The summed E-state index contributed by atoms with van der Waals surface area (Å²) in [5, 5.41) is 8.99. The first-order valence-corrected chi connectivity index (χ1v) is 8.12. The molecule has 1 rings (SSSR count). The minimum Gasteiger partial charge on any atom is -0.478 e. The van der Waals surface area contributed by atoms with Crippen LogP contribution in [0.1, 0.15) is 29.8 Å². The summed E-state index contributed by atoms with van der Waals surface area (Å²) >= 11 is 0. The zero-order valence-electron chi connectivity index (χ0n) is 12.7. The van der Waals surface area contributed by atoms with Crippen molar-refractivity contribution < 1.29 is 23.1 Å². The molecule has 0 spiro atoms. The van der Waals surface area contributed by atoms with E-state index in [0.29, 0.717) is 5.56 Å². The molecule has 8 heteroatoms. The number of sulfonamides is 1. The molecule has 0 fully saturated rings. The number of hydrogen-bond donors (Lipinski definition) is 2. The molecule has 0 radical (unpaired) electrons. The Bertz CT molecular complexity index is 682. The van der Waals surface area contributed by atoms with Gasteiger partial charge >= 0.3 is 5.97 Å². The van der Waals surface area contributed by atoms with E-state index >= 15 is 0 Å². The van der Waals surface area contributed by atoms with E-state index in [9.17, 15) is 18.0 Å². The highest BCUT2D eigenvalue weighted by Crippen LogP contribution is 2.20. The molecule has 22 heavy (non-hydrogen) atoms. The first kappa shape index (κ1) is 18.1. The van der Waals surface area contributed by atoms with Gasteiger partial charge in [-0.15, -0.1) is 0 Å². The third kappa shape index (κ3) is 4.28. The normalized spacial score (nSPS) is 11.9. The van der Waals surface area contributed by atoms with Gasteiger partial charge < -0.3 is 10.8 Å². The summed E-state index contributed by atoms with van der Waals surface area (Å²) < 4.78 is 26.2. The minimum atomic E-state index is -3.92. The highest BCUT2D eigenvalue weighted by atomic mass is 32.2. The lowest BCUT2D eigenvalue weighted by molar-refractivity contribution is -0.118.